The summed E-state index contributed by atoms with van der Waals surface area (Å²) in [6.45, 7) is 2.17. The van der Waals surface area contributed by atoms with Crippen LogP contribution in [0.25, 0.3) is 0 Å². The Kier molecular flexibility index (Phi) is 3.91. The summed E-state index contributed by atoms with van der Waals surface area (Å²) in [4.78, 5) is 12.3. The first-order valence-electron chi connectivity index (χ1n) is 7.50. The number of benzene rings is 2. The molecule has 0 aromatic heterocycles. The van der Waals surface area contributed by atoms with Gasteiger partial charge in [-0.3, -0.25) is 4.79 Å². The van der Waals surface area contributed by atoms with Crippen LogP contribution in [0.3, 0.4) is 0 Å². The van der Waals surface area contributed by atoms with E-state index in [1.165, 1.54) is 11.1 Å². The molecule has 2 N–H and O–H groups in total. The molecule has 0 bridgehead atoms. The molecule has 0 saturated carbocycles. The topological polar surface area (TPSA) is 41.1 Å². The maximum atomic E-state index is 12.3. The van der Waals surface area contributed by atoms with Crippen LogP contribution in [0.5, 0.6) is 0 Å². The number of hydrogen-bond donors (Lipinski definition) is 2. The second-order valence-electron chi connectivity index (χ2n) is 5.49. The van der Waals surface area contributed by atoms with Crippen LogP contribution in [0.2, 0.25) is 0 Å². The smallest absolute Gasteiger partial charge is 0.247 e. The minimum Gasteiger partial charge on any atom is -0.373 e. The summed E-state index contributed by atoms with van der Waals surface area (Å²) in [6, 6.07) is 16.0. The Labute approximate surface area is 125 Å². The lowest BCUT2D eigenvalue weighted by atomic mass is 10.1. The maximum Gasteiger partial charge on any atom is 0.247 e. The van der Waals surface area contributed by atoms with E-state index in [4.69, 9.17) is 0 Å². The van der Waals surface area contributed by atoms with Gasteiger partial charge in [-0.2, -0.15) is 0 Å². The van der Waals surface area contributed by atoms with Gasteiger partial charge in [0.25, 0.3) is 0 Å². The Hall–Kier alpha value is -2.29. The quantitative estimate of drug-likeness (QED) is 0.898. The second-order valence-corrected chi connectivity index (χ2v) is 5.49. The predicted molar refractivity (Wildman–Crippen MR) is 86.6 cm³/mol. The molecule has 1 atom stereocenters. The lowest BCUT2D eigenvalue weighted by molar-refractivity contribution is -0.116. The van der Waals surface area contributed by atoms with E-state index in [2.05, 4.69) is 35.8 Å². The fraction of sp³-hybridized carbons (Fsp3) is 0.278. The number of anilines is 2. The van der Waals surface area contributed by atoms with Crippen molar-refractivity contribution >= 4 is 17.3 Å². The molecule has 2 aromatic rings. The molecule has 0 fully saturated rings. The van der Waals surface area contributed by atoms with Gasteiger partial charge in [0.15, 0.2) is 0 Å². The molecule has 1 unspecified atom stereocenters. The van der Waals surface area contributed by atoms with Crippen molar-refractivity contribution in [3.05, 3.63) is 59.7 Å². The lowest BCUT2D eigenvalue weighted by Crippen LogP contribution is -2.32. The molecule has 0 saturated heterocycles. The van der Waals surface area contributed by atoms with Crippen LogP contribution in [-0.4, -0.2) is 11.9 Å². The average molecular weight is 280 g/mol. The van der Waals surface area contributed by atoms with E-state index in [9.17, 15) is 4.79 Å². The summed E-state index contributed by atoms with van der Waals surface area (Å²) >= 11 is 0. The largest absolute Gasteiger partial charge is 0.373 e. The van der Waals surface area contributed by atoms with Gasteiger partial charge in [-0.15, -0.1) is 0 Å². The first-order valence-corrected chi connectivity index (χ1v) is 7.50. The van der Waals surface area contributed by atoms with Crippen LogP contribution in [0.15, 0.2) is 48.5 Å². The molecule has 21 heavy (non-hydrogen) atoms. The summed E-state index contributed by atoms with van der Waals surface area (Å²) < 4.78 is 0. The van der Waals surface area contributed by atoms with Crippen molar-refractivity contribution < 1.29 is 4.79 Å². The monoisotopic (exact) mass is 280 g/mol. The van der Waals surface area contributed by atoms with Crippen LogP contribution in [0.4, 0.5) is 11.4 Å². The normalized spacial score (nSPS) is 16.1. The van der Waals surface area contributed by atoms with Crippen molar-refractivity contribution in [3.8, 4) is 0 Å². The van der Waals surface area contributed by atoms with Gasteiger partial charge in [-0.1, -0.05) is 43.7 Å². The Morgan fingerprint density at radius 3 is 2.67 bits per heavy atom. The fourth-order valence-corrected chi connectivity index (χ4v) is 2.73. The first kappa shape index (κ1) is 13.7. The molecule has 0 spiro atoms. The van der Waals surface area contributed by atoms with Crippen LogP contribution in [0.1, 0.15) is 24.5 Å². The molecule has 3 heteroatoms. The molecule has 108 valence electrons. The summed E-state index contributed by atoms with van der Waals surface area (Å²) in [5.41, 5.74) is 4.44. The van der Waals surface area contributed by atoms with Crippen LogP contribution >= 0.6 is 0 Å². The lowest BCUT2D eigenvalue weighted by Gasteiger charge is -2.12. The van der Waals surface area contributed by atoms with Crippen molar-refractivity contribution in [2.75, 3.05) is 10.6 Å². The zero-order valence-electron chi connectivity index (χ0n) is 12.2. The Morgan fingerprint density at radius 2 is 1.95 bits per heavy atom. The van der Waals surface area contributed by atoms with Crippen molar-refractivity contribution in [1.82, 2.24) is 0 Å². The zero-order chi connectivity index (χ0) is 14.7. The number of amides is 1. The Bertz CT molecular complexity index is 609. The Balaban J connectivity index is 1.62. The van der Waals surface area contributed by atoms with Crippen molar-refractivity contribution in [2.45, 2.75) is 32.2 Å². The fourth-order valence-electron chi connectivity index (χ4n) is 2.73. The minimum atomic E-state index is -0.183. The third-order valence-corrected chi connectivity index (χ3v) is 3.85. The molecule has 0 radical (unpaired) electrons. The molecule has 0 aliphatic carbocycles. The van der Waals surface area contributed by atoms with E-state index < -0.39 is 0 Å². The van der Waals surface area contributed by atoms with E-state index in [0.29, 0.717) is 0 Å². The number of para-hydroxylation sites is 1. The molecule has 3 nitrogen and oxygen atoms in total. The van der Waals surface area contributed by atoms with E-state index in [1.54, 1.807) is 0 Å². The van der Waals surface area contributed by atoms with E-state index >= 15 is 0 Å². The number of nitrogens with one attached hydrogen (secondary N) is 2. The maximum absolute atomic E-state index is 12.3. The molecular formula is C18H20N2O. The molecule has 2 aromatic carbocycles. The standard InChI is InChI=1S/C18H20N2O/c1-2-5-13-8-10-15(11-9-13)19-18(21)17-12-14-6-3-4-7-16(14)20-17/h3-4,6-11,17,20H,2,5,12H2,1H3,(H,19,21). The van der Waals surface area contributed by atoms with Gasteiger partial charge in [-0.05, 0) is 35.7 Å². The minimum absolute atomic E-state index is 0.0226. The SMILES string of the molecule is CCCc1ccc(NC(=O)C2Cc3ccccc3N2)cc1. The predicted octanol–water partition coefficient (Wildman–Crippen LogP) is 3.61. The summed E-state index contributed by atoms with van der Waals surface area (Å²) in [5, 5.41) is 6.26. The van der Waals surface area contributed by atoms with Crippen LogP contribution in [0, 0.1) is 0 Å². The molecule has 1 amide bonds. The second kappa shape index (κ2) is 6.00. The molecular weight excluding hydrogens is 260 g/mol. The number of hydrogen-bond acceptors (Lipinski definition) is 2. The molecule has 1 aliphatic heterocycles. The van der Waals surface area contributed by atoms with Crippen molar-refractivity contribution in [1.29, 1.82) is 0 Å². The zero-order valence-corrected chi connectivity index (χ0v) is 12.2. The van der Waals surface area contributed by atoms with Crippen LogP contribution < -0.4 is 10.6 Å². The third-order valence-electron chi connectivity index (χ3n) is 3.85. The Morgan fingerprint density at radius 1 is 1.19 bits per heavy atom. The first-order chi connectivity index (χ1) is 10.3. The number of fused-ring (bicyclic) bond motifs is 1. The number of aryl methyl sites for hydroxylation is 1. The van der Waals surface area contributed by atoms with Crippen LogP contribution in [-0.2, 0) is 17.6 Å². The molecule has 1 heterocycles. The molecule has 1 aliphatic rings. The van der Waals surface area contributed by atoms with Crippen molar-refractivity contribution in [2.24, 2.45) is 0 Å². The third kappa shape index (κ3) is 3.07. The van der Waals surface area contributed by atoms with E-state index in [-0.39, 0.29) is 11.9 Å². The number of carbonyl (C=O) groups is 1. The highest BCUT2D eigenvalue weighted by atomic mass is 16.2. The van der Waals surface area contributed by atoms with Gasteiger partial charge in [0, 0.05) is 17.8 Å². The average Bonchev–Trinajstić information content (AvgIpc) is 2.94. The summed E-state index contributed by atoms with van der Waals surface area (Å²) in [5.74, 6) is 0.0226. The van der Waals surface area contributed by atoms with Crippen molar-refractivity contribution in [3.63, 3.8) is 0 Å². The summed E-state index contributed by atoms with van der Waals surface area (Å²) in [6.07, 6.45) is 2.96. The van der Waals surface area contributed by atoms with Gasteiger partial charge >= 0.3 is 0 Å². The highest BCUT2D eigenvalue weighted by Gasteiger charge is 2.26. The highest BCUT2D eigenvalue weighted by Crippen LogP contribution is 2.25. The number of rotatable bonds is 4. The van der Waals surface area contributed by atoms with Gasteiger partial charge < -0.3 is 10.6 Å². The van der Waals surface area contributed by atoms with E-state index in [0.717, 1.165) is 30.6 Å². The van der Waals surface area contributed by atoms with Gasteiger partial charge in [0.2, 0.25) is 5.91 Å². The van der Waals surface area contributed by atoms with Gasteiger partial charge in [0.1, 0.15) is 6.04 Å². The van der Waals surface area contributed by atoms with E-state index in [1.807, 2.05) is 30.3 Å². The highest BCUT2D eigenvalue weighted by molar-refractivity contribution is 5.98. The summed E-state index contributed by atoms with van der Waals surface area (Å²) in [7, 11) is 0. The van der Waals surface area contributed by atoms with Gasteiger partial charge in [-0.25, -0.2) is 0 Å². The van der Waals surface area contributed by atoms with Gasteiger partial charge in [0.05, 0.1) is 0 Å². The number of carbonyl (C=O) groups excluding carboxylic acids is 1. The molecule has 3 rings (SSSR count).